The molecule has 55 heavy (non-hydrogen) atoms. The Kier molecular flexibility index (Phi) is 9.14. The summed E-state index contributed by atoms with van der Waals surface area (Å²) in [6, 6.07) is 31.2. The van der Waals surface area contributed by atoms with E-state index in [1.807, 2.05) is 55.6 Å². The van der Waals surface area contributed by atoms with E-state index in [1.54, 1.807) is 14.2 Å². The molecule has 0 aliphatic carbocycles. The fraction of sp³-hybridized carbons (Fsp3) is 0.261. The molecule has 0 amide bonds. The lowest BCUT2D eigenvalue weighted by molar-refractivity contribution is -0.128. The van der Waals surface area contributed by atoms with E-state index in [4.69, 9.17) is 18.9 Å². The van der Waals surface area contributed by atoms with E-state index in [9.17, 15) is 4.79 Å². The maximum Gasteiger partial charge on any atom is 0.293 e. The summed E-state index contributed by atoms with van der Waals surface area (Å²) >= 11 is 0. The first-order chi connectivity index (χ1) is 27.1. The second kappa shape index (κ2) is 14.5. The molecule has 9 heteroatoms. The maximum atomic E-state index is 10.4. The van der Waals surface area contributed by atoms with Crippen LogP contribution in [0.3, 0.4) is 0 Å². The number of hydrogen-bond donors (Lipinski definition) is 0. The minimum Gasteiger partial charge on any atom is -0.496 e. The van der Waals surface area contributed by atoms with Gasteiger partial charge < -0.3 is 23.8 Å². The Bertz CT molecular complexity index is 2630. The number of methoxy groups -OCH3 is 2. The number of aryl methyl sites for hydroxylation is 2. The van der Waals surface area contributed by atoms with Crippen LogP contribution in [0.1, 0.15) is 41.5 Å². The molecule has 0 N–H and O–H groups in total. The Labute approximate surface area is 319 Å². The molecule has 3 aliphatic heterocycles. The molecule has 6 aromatic rings. The average molecular weight is 732 g/mol. The van der Waals surface area contributed by atoms with Crippen molar-refractivity contribution < 1.29 is 23.7 Å². The monoisotopic (exact) mass is 731 g/mol. The first-order valence-corrected chi connectivity index (χ1v) is 19.0. The SMILES string of the molecule is COc1cccc(OC)c1C1=c2ccc3c4c5c(cc3c2Oc2c1ccc1cc(N=Nc3ccc(N(C)CCCOC=O)cc3)ccc21)CCC[N+]=5CCC4. The molecule has 6 aromatic carbocycles. The van der Waals surface area contributed by atoms with Gasteiger partial charge in [-0.1, -0.05) is 18.2 Å². The molecule has 0 atom stereocenters. The largest absolute Gasteiger partial charge is 0.496 e. The van der Waals surface area contributed by atoms with E-state index >= 15 is 0 Å². The molecule has 3 aliphatic rings. The van der Waals surface area contributed by atoms with Gasteiger partial charge in [0.25, 0.3) is 6.47 Å². The van der Waals surface area contributed by atoms with E-state index in [1.165, 1.54) is 28.3 Å². The maximum absolute atomic E-state index is 10.4. The lowest BCUT2D eigenvalue weighted by Crippen LogP contribution is -2.43. The molecule has 0 saturated heterocycles. The highest BCUT2D eigenvalue weighted by atomic mass is 16.5. The number of fused-ring (bicyclic) bond motifs is 7. The van der Waals surface area contributed by atoms with Crippen molar-refractivity contribution in [2.45, 2.75) is 32.1 Å². The van der Waals surface area contributed by atoms with Crippen LogP contribution in [-0.4, -0.2) is 54.0 Å². The Balaban J connectivity index is 1.15. The van der Waals surface area contributed by atoms with E-state index in [0.717, 1.165) is 123 Å². The number of carbonyl (C=O) groups is 1. The van der Waals surface area contributed by atoms with Crippen LogP contribution in [0.15, 0.2) is 101 Å². The van der Waals surface area contributed by atoms with Gasteiger partial charge in [0, 0.05) is 70.4 Å². The fourth-order valence-electron chi connectivity index (χ4n) is 8.68. The lowest BCUT2D eigenvalue weighted by Gasteiger charge is -2.26. The van der Waals surface area contributed by atoms with E-state index in [2.05, 4.69) is 62.2 Å². The van der Waals surface area contributed by atoms with Crippen LogP contribution in [-0.2, 0) is 22.4 Å². The highest BCUT2D eigenvalue weighted by Gasteiger charge is 2.31. The third-order valence-corrected chi connectivity index (χ3v) is 11.2. The topological polar surface area (TPSA) is 85.0 Å². The Morgan fingerprint density at radius 1 is 0.800 bits per heavy atom. The molecule has 0 spiro atoms. The van der Waals surface area contributed by atoms with Gasteiger partial charge in [-0.15, -0.1) is 0 Å². The summed E-state index contributed by atoms with van der Waals surface area (Å²) in [5.41, 5.74) is 8.32. The van der Waals surface area contributed by atoms with Gasteiger partial charge in [0.05, 0.1) is 37.8 Å². The minimum atomic E-state index is 0.405. The van der Waals surface area contributed by atoms with Crippen molar-refractivity contribution in [1.29, 1.82) is 0 Å². The fourth-order valence-corrected chi connectivity index (χ4v) is 8.68. The lowest BCUT2D eigenvalue weighted by atomic mass is 9.86. The van der Waals surface area contributed by atoms with Crippen LogP contribution in [0.2, 0.25) is 0 Å². The predicted molar refractivity (Wildman–Crippen MR) is 217 cm³/mol. The normalized spacial score (nSPS) is 14.3. The van der Waals surface area contributed by atoms with Crippen LogP contribution < -0.4 is 34.3 Å². The van der Waals surface area contributed by atoms with Crippen LogP contribution in [0.25, 0.3) is 27.1 Å². The number of azo groups is 1. The zero-order valence-corrected chi connectivity index (χ0v) is 31.4. The quantitative estimate of drug-likeness (QED) is 0.0578. The summed E-state index contributed by atoms with van der Waals surface area (Å²) in [7, 11) is 5.44. The molecule has 276 valence electrons. The third-order valence-electron chi connectivity index (χ3n) is 11.2. The molecular weight excluding hydrogens is 689 g/mol. The summed E-state index contributed by atoms with van der Waals surface area (Å²) in [6.07, 6.45) is 5.23. The van der Waals surface area contributed by atoms with Gasteiger partial charge in [0.1, 0.15) is 36.1 Å². The first-order valence-electron chi connectivity index (χ1n) is 19.0. The molecule has 0 aromatic heterocycles. The van der Waals surface area contributed by atoms with Crippen molar-refractivity contribution in [3.63, 3.8) is 0 Å². The molecular formula is C46H43N4O5+. The van der Waals surface area contributed by atoms with Crippen LogP contribution >= 0.6 is 0 Å². The standard InChI is InChI=1S/C46H43N4O5/c1-49(22-7-25-54-28-51)33-16-13-31(14-17-33)47-48-32-15-19-34-29(26-32)12-18-37-42(43-40(52-2)10-4-11-41(43)53-3)38-21-20-35-36-9-6-24-50-23-5-8-30(44(36)50)27-39(35)46(38)55-45(34)37/h4,10-21,26-28H,5-9,22-25H2,1-3H3/q+1. The van der Waals surface area contributed by atoms with Crippen molar-refractivity contribution in [2.24, 2.45) is 10.2 Å². The number of nitrogens with zero attached hydrogens (tertiary/aromatic N) is 4. The van der Waals surface area contributed by atoms with Gasteiger partial charge in [-0.2, -0.15) is 10.2 Å². The molecule has 0 fully saturated rings. The number of carbonyl (C=O) groups excluding carboxylic acids is 1. The van der Waals surface area contributed by atoms with Gasteiger partial charge in [0.2, 0.25) is 5.36 Å². The summed E-state index contributed by atoms with van der Waals surface area (Å²) in [5.74, 6) is 3.15. The summed E-state index contributed by atoms with van der Waals surface area (Å²) in [4.78, 5) is 12.5. The molecule has 3 heterocycles. The predicted octanol–water partition coefficient (Wildman–Crippen LogP) is 8.16. The summed E-state index contributed by atoms with van der Waals surface area (Å²) < 4.78 is 26.6. The first kappa shape index (κ1) is 34.5. The second-order valence-corrected chi connectivity index (χ2v) is 14.4. The zero-order chi connectivity index (χ0) is 37.5. The van der Waals surface area contributed by atoms with Crippen LogP contribution in [0, 0.1) is 0 Å². The smallest absolute Gasteiger partial charge is 0.293 e. The van der Waals surface area contributed by atoms with E-state index in [-0.39, 0.29) is 0 Å². The molecule has 9 nitrogen and oxygen atoms in total. The number of ether oxygens (including phenoxy) is 4. The molecule has 0 unspecified atom stereocenters. The van der Waals surface area contributed by atoms with Gasteiger partial charge >= 0.3 is 0 Å². The third kappa shape index (κ3) is 6.13. The van der Waals surface area contributed by atoms with E-state index in [0.29, 0.717) is 13.1 Å². The Morgan fingerprint density at radius 2 is 1.55 bits per heavy atom. The van der Waals surface area contributed by atoms with Crippen molar-refractivity contribution in [3.05, 3.63) is 124 Å². The van der Waals surface area contributed by atoms with Crippen molar-refractivity contribution in [2.75, 3.05) is 52.4 Å². The Hall–Kier alpha value is -6.22. The van der Waals surface area contributed by atoms with Crippen molar-refractivity contribution >= 4 is 50.7 Å². The molecule has 9 rings (SSSR count). The van der Waals surface area contributed by atoms with Crippen molar-refractivity contribution in [1.82, 2.24) is 4.58 Å². The number of benzene rings is 6. The van der Waals surface area contributed by atoms with Gasteiger partial charge in [0.15, 0.2) is 0 Å². The van der Waals surface area contributed by atoms with Crippen LogP contribution in [0.4, 0.5) is 17.1 Å². The van der Waals surface area contributed by atoms with Crippen LogP contribution in [0.5, 0.6) is 23.0 Å². The number of anilines is 1. The van der Waals surface area contributed by atoms with Gasteiger partial charge in [-0.3, -0.25) is 4.79 Å². The van der Waals surface area contributed by atoms with E-state index < -0.39 is 0 Å². The average Bonchev–Trinajstić information content (AvgIpc) is 3.23. The highest BCUT2D eigenvalue weighted by Crippen LogP contribution is 2.47. The minimum absolute atomic E-state index is 0.405. The Morgan fingerprint density at radius 3 is 2.33 bits per heavy atom. The molecule has 0 saturated carbocycles. The molecule has 0 radical (unpaired) electrons. The van der Waals surface area contributed by atoms with Crippen molar-refractivity contribution in [3.8, 4) is 23.0 Å². The van der Waals surface area contributed by atoms with Gasteiger partial charge in [-0.05, 0) is 103 Å². The zero-order valence-electron chi connectivity index (χ0n) is 31.4. The number of rotatable bonds is 11. The van der Waals surface area contributed by atoms with Gasteiger partial charge in [-0.25, -0.2) is 4.58 Å². The highest BCUT2D eigenvalue weighted by molar-refractivity contribution is 6.03. The molecule has 0 bridgehead atoms. The summed E-state index contributed by atoms with van der Waals surface area (Å²) in [5, 5.41) is 16.1. The second-order valence-electron chi connectivity index (χ2n) is 14.4. The number of hydrogen-bond acceptors (Lipinski definition) is 8. The summed E-state index contributed by atoms with van der Waals surface area (Å²) in [6.45, 7) is 3.92.